The predicted molar refractivity (Wildman–Crippen MR) is 161 cm³/mol. The van der Waals surface area contributed by atoms with Gasteiger partial charge in [0, 0.05) is 18.2 Å². The zero-order valence-corrected chi connectivity index (χ0v) is 25.4. The molecule has 3 aromatic carbocycles. The summed E-state index contributed by atoms with van der Waals surface area (Å²) in [4.78, 5) is 28.3. The molecule has 0 aliphatic heterocycles. The molecule has 0 unspecified atom stereocenters. The topological polar surface area (TPSA) is 86.8 Å². The maximum atomic E-state index is 14.7. The van der Waals surface area contributed by atoms with Crippen LogP contribution in [0.5, 0.6) is 0 Å². The van der Waals surface area contributed by atoms with Gasteiger partial charge in [0.1, 0.15) is 18.4 Å². The van der Waals surface area contributed by atoms with Gasteiger partial charge in [0.15, 0.2) is 0 Å². The third-order valence-corrected chi connectivity index (χ3v) is 8.99. The minimum absolute atomic E-state index is 0.0343. The van der Waals surface area contributed by atoms with E-state index in [1.54, 1.807) is 49.4 Å². The van der Waals surface area contributed by atoms with Gasteiger partial charge in [-0.3, -0.25) is 13.9 Å². The highest BCUT2D eigenvalue weighted by Gasteiger charge is 2.33. The van der Waals surface area contributed by atoms with Gasteiger partial charge in [-0.2, -0.15) is 0 Å². The van der Waals surface area contributed by atoms with Gasteiger partial charge in [-0.05, 0) is 69.0 Å². The molecule has 1 N–H and O–H groups in total. The van der Waals surface area contributed by atoms with Gasteiger partial charge < -0.3 is 10.2 Å². The fraction of sp³-hybridized carbons (Fsp3) is 0.375. The van der Waals surface area contributed by atoms with E-state index in [9.17, 15) is 22.4 Å². The standard InChI is InChI=1S/C32H40FN3O4S/c1-7-24(5)34-32(38)25(6)35(20-27-10-8-9-11-30(27)33)31(37)21-36(28-16-14-26(15-17-28)22(2)3)41(39,40)29-18-12-23(4)13-19-29/h8-19,22,24-25H,7,20-21H2,1-6H3,(H,34,38)/t24-,25-/m0/s1. The molecule has 0 aromatic heterocycles. The maximum Gasteiger partial charge on any atom is 0.264 e. The van der Waals surface area contributed by atoms with E-state index in [1.165, 1.54) is 23.1 Å². The molecule has 9 heteroatoms. The highest BCUT2D eigenvalue weighted by atomic mass is 32.2. The molecule has 3 rings (SSSR count). The van der Waals surface area contributed by atoms with E-state index in [-0.39, 0.29) is 29.0 Å². The number of aryl methyl sites for hydroxylation is 1. The fourth-order valence-corrected chi connectivity index (χ4v) is 5.66. The average Bonchev–Trinajstić information content (AvgIpc) is 2.95. The zero-order valence-electron chi connectivity index (χ0n) is 24.6. The number of hydrogen-bond donors (Lipinski definition) is 1. The van der Waals surface area contributed by atoms with Crippen LogP contribution in [0.3, 0.4) is 0 Å². The minimum atomic E-state index is -4.17. The number of rotatable bonds is 12. The van der Waals surface area contributed by atoms with Crippen molar-refractivity contribution in [3.63, 3.8) is 0 Å². The largest absolute Gasteiger partial charge is 0.352 e. The van der Waals surface area contributed by atoms with Crippen molar-refractivity contribution in [3.8, 4) is 0 Å². The highest BCUT2D eigenvalue weighted by molar-refractivity contribution is 7.92. The second-order valence-electron chi connectivity index (χ2n) is 10.7. The predicted octanol–water partition coefficient (Wildman–Crippen LogP) is 5.78. The Labute approximate surface area is 243 Å². The first-order valence-electron chi connectivity index (χ1n) is 13.9. The second-order valence-corrected chi connectivity index (χ2v) is 12.5. The smallest absolute Gasteiger partial charge is 0.264 e. The molecular weight excluding hydrogens is 541 g/mol. The molecule has 0 aliphatic carbocycles. The van der Waals surface area contributed by atoms with Gasteiger partial charge in [0.25, 0.3) is 10.0 Å². The van der Waals surface area contributed by atoms with Gasteiger partial charge in [0.2, 0.25) is 11.8 Å². The summed E-state index contributed by atoms with van der Waals surface area (Å²) >= 11 is 0. The van der Waals surface area contributed by atoms with E-state index < -0.39 is 40.2 Å². The highest BCUT2D eigenvalue weighted by Crippen LogP contribution is 2.27. The van der Waals surface area contributed by atoms with E-state index in [4.69, 9.17) is 0 Å². The van der Waals surface area contributed by atoms with Crippen molar-refractivity contribution in [2.45, 2.75) is 77.4 Å². The molecule has 0 aliphatic rings. The van der Waals surface area contributed by atoms with Crippen LogP contribution < -0.4 is 9.62 Å². The lowest BCUT2D eigenvalue weighted by Crippen LogP contribution is -2.52. The quantitative estimate of drug-likeness (QED) is 0.294. The monoisotopic (exact) mass is 581 g/mol. The average molecular weight is 582 g/mol. The summed E-state index contributed by atoms with van der Waals surface area (Å²) in [6.45, 7) is 10.5. The minimum Gasteiger partial charge on any atom is -0.352 e. The molecule has 0 spiro atoms. The molecule has 0 bridgehead atoms. The van der Waals surface area contributed by atoms with Crippen molar-refractivity contribution < 1.29 is 22.4 Å². The lowest BCUT2D eigenvalue weighted by Gasteiger charge is -2.32. The number of nitrogens with one attached hydrogen (secondary N) is 1. The molecule has 220 valence electrons. The molecule has 0 heterocycles. The first-order chi connectivity index (χ1) is 19.3. The molecule has 41 heavy (non-hydrogen) atoms. The van der Waals surface area contributed by atoms with Gasteiger partial charge >= 0.3 is 0 Å². The molecule has 0 saturated heterocycles. The van der Waals surface area contributed by atoms with Crippen LogP contribution in [0, 0.1) is 12.7 Å². The van der Waals surface area contributed by atoms with Crippen LogP contribution in [-0.4, -0.2) is 43.8 Å². The van der Waals surface area contributed by atoms with Crippen molar-refractivity contribution in [1.29, 1.82) is 0 Å². The third-order valence-electron chi connectivity index (χ3n) is 7.20. The lowest BCUT2D eigenvalue weighted by molar-refractivity contribution is -0.139. The van der Waals surface area contributed by atoms with Gasteiger partial charge in [0.05, 0.1) is 10.6 Å². The van der Waals surface area contributed by atoms with E-state index in [2.05, 4.69) is 5.32 Å². The number of amides is 2. The molecule has 7 nitrogen and oxygen atoms in total. The number of carbonyl (C=O) groups is 2. The van der Waals surface area contributed by atoms with E-state index in [1.807, 2.05) is 46.8 Å². The van der Waals surface area contributed by atoms with Crippen molar-refractivity contribution in [3.05, 3.63) is 95.3 Å². The van der Waals surface area contributed by atoms with Crippen LogP contribution in [0.2, 0.25) is 0 Å². The Morgan fingerprint density at radius 1 is 0.902 bits per heavy atom. The van der Waals surface area contributed by atoms with Crippen LogP contribution in [0.1, 0.15) is 63.6 Å². The SMILES string of the molecule is CC[C@H](C)NC(=O)[C@H](C)N(Cc1ccccc1F)C(=O)CN(c1ccc(C(C)C)cc1)S(=O)(=O)c1ccc(C)cc1. The summed E-state index contributed by atoms with van der Waals surface area (Å²) in [5, 5.41) is 2.87. The Balaban J connectivity index is 2.05. The van der Waals surface area contributed by atoms with Crippen LogP contribution in [0.25, 0.3) is 0 Å². The Morgan fingerprint density at radius 3 is 2.07 bits per heavy atom. The molecule has 0 radical (unpaired) electrons. The van der Waals surface area contributed by atoms with Crippen LogP contribution in [0.15, 0.2) is 77.7 Å². The molecular formula is C32H40FN3O4S. The summed E-state index contributed by atoms with van der Waals surface area (Å²) in [7, 11) is -4.17. The molecule has 3 aromatic rings. The first kappa shape index (κ1) is 31.8. The summed E-state index contributed by atoms with van der Waals surface area (Å²) in [5.41, 5.74) is 2.44. The van der Waals surface area contributed by atoms with Crippen LogP contribution >= 0.6 is 0 Å². The van der Waals surface area contributed by atoms with Crippen molar-refractivity contribution in [1.82, 2.24) is 10.2 Å². The Bertz CT molecular complexity index is 1440. The molecule has 0 saturated carbocycles. The first-order valence-corrected chi connectivity index (χ1v) is 15.3. The van der Waals surface area contributed by atoms with Gasteiger partial charge in [-0.15, -0.1) is 0 Å². The Kier molecular flexibility index (Phi) is 10.7. The Hall–Kier alpha value is -3.72. The normalized spacial score (nSPS) is 13.0. The number of halogens is 1. The van der Waals surface area contributed by atoms with Crippen molar-refractivity contribution in [2.24, 2.45) is 0 Å². The number of sulfonamides is 1. The Morgan fingerprint density at radius 2 is 1.51 bits per heavy atom. The lowest BCUT2D eigenvalue weighted by atomic mass is 10.0. The second kappa shape index (κ2) is 13.8. The van der Waals surface area contributed by atoms with E-state index in [0.29, 0.717) is 12.1 Å². The molecule has 0 fully saturated rings. The van der Waals surface area contributed by atoms with Crippen molar-refractivity contribution in [2.75, 3.05) is 10.8 Å². The van der Waals surface area contributed by atoms with Crippen molar-refractivity contribution >= 4 is 27.5 Å². The van der Waals surface area contributed by atoms with E-state index in [0.717, 1.165) is 15.4 Å². The third kappa shape index (κ3) is 7.94. The molecule has 2 amide bonds. The van der Waals surface area contributed by atoms with Crippen LogP contribution in [0.4, 0.5) is 10.1 Å². The van der Waals surface area contributed by atoms with Gasteiger partial charge in [-0.1, -0.05) is 68.8 Å². The number of benzene rings is 3. The maximum absolute atomic E-state index is 14.7. The summed E-state index contributed by atoms with van der Waals surface area (Å²) in [6.07, 6.45) is 0.689. The number of carbonyl (C=O) groups excluding carboxylic acids is 2. The van der Waals surface area contributed by atoms with Gasteiger partial charge in [-0.25, -0.2) is 12.8 Å². The molecule has 2 atom stereocenters. The number of anilines is 1. The zero-order chi connectivity index (χ0) is 30.3. The summed E-state index contributed by atoms with van der Waals surface area (Å²) in [6, 6.07) is 18.3. The number of hydrogen-bond acceptors (Lipinski definition) is 4. The van der Waals surface area contributed by atoms with Crippen LogP contribution in [-0.2, 0) is 26.2 Å². The number of nitrogens with zero attached hydrogens (tertiary/aromatic N) is 2. The summed E-state index contributed by atoms with van der Waals surface area (Å²) in [5.74, 6) is -1.33. The van der Waals surface area contributed by atoms with E-state index >= 15 is 0 Å². The fourth-order valence-electron chi connectivity index (χ4n) is 4.25. The summed E-state index contributed by atoms with van der Waals surface area (Å²) < 4.78 is 43.6.